The van der Waals surface area contributed by atoms with Gasteiger partial charge in [0.15, 0.2) is 6.20 Å². The van der Waals surface area contributed by atoms with Crippen LogP contribution in [0.5, 0.6) is 17.2 Å². The van der Waals surface area contributed by atoms with E-state index in [-0.39, 0.29) is 16.2 Å². The quantitative estimate of drug-likeness (QED) is 0.0934. The van der Waals surface area contributed by atoms with Gasteiger partial charge in [0.2, 0.25) is 16.9 Å². The normalized spacial score (nSPS) is 15.2. The first-order valence-corrected chi connectivity index (χ1v) is 30.5. The molecular weight excluding hydrogens is 1060 g/mol. The molecule has 0 N–H and O–H groups in total. The van der Waals surface area contributed by atoms with Gasteiger partial charge in [-0.3, -0.25) is 4.98 Å². The minimum absolute atomic E-state index is 0.0419. The summed E-state index contributed by atoms with van der Waals surface area (Å²) in [5, 5.41) is 21.8. The van der Waals surface area contributed by atoms with Gasteiger partial charge in [-0.15, -0.1) is 0 Å². The lowest BCUT2D eigenvalue weighted by Gasteiger charge is -2.25. The zero-order valence-corrected chi connectivity index (χ0v) is 49.8. The van der Waals surface area contributed by atoms with Gasteiger partial charge in [0.25, 0.3) is 13.5 Å². The van der Waals surface area contributed by atoms with E-state index in [1.165, 1.54) is 153 Å². The van der Waals surface area contributed by atoms with E-state index in [4.69, 9.17) is 19.2 Å². The molecule has 0 atom stereocenters. The SMILES string of the molecule is CC1(C)c2cc3cc4ccccc4cc3[n+]3c2-c2c(cc4ccc5ccccc5c4c21)OC3.CC1(C)c2ccc[n+]3c2-c2c(cc4ccc5ccccc5c4c21)OC3.COc1cc2ccc3ccccc3c2c2c1-c1ncc3ccccc3c1C2(C)C. The minimum atomic E-state index is -0.185. The smallest absolute Gasteiger partial charge is 0.293 e. The number of aromatic nitrogens is 3. The molecule has 0 radical (unpaired) electrons. The molecule has 20 rings (SSSR count). The maximum Gasteiger partial charge on any atom is 0.293 e. The third kappa shape index (κ3) is 6.78. The van der Waals surface area contributed by atoms with E-state index < -0.39 is 0 Å². The van der Waals surface area contributed by atoms with Crippen LogP contribution in [-0.4, -0.2) is 12.1 Å². The molecule has 6 heteroatoms. The molecule has 0 saturated carbocycles. The highest BCUT2D eigenvalue weighted by atomic mass is 16.5. The Morgan fingerprint density at radius 1 is 0.391 bits per heavy atom. The van der Waals surface area contributed by atoms with Gasteiger partial charge in [0.05, 0.1) is 23.9 Å². The van der Waals surface area contributed by atoms with Crippen molar-refractivity contribution < 1.29 is 23.3 Å². The second-order valence-electron chi connectivity index (χ2n) is 26.1. The van der Waals surface area contributed by atoms with Crippen molar-refractivity contribution in [2.24, 2.45) is 0 Å². The Morgan fingerprint density at radius 3 is 1.47 bits per heavy atom. The van der Waals surface area contributed by atoms with E-state index in [9.17, 15) is 0 Å². The second-order valence-corrected chi connectivity index (χ2v) is 26.1. The summed E-state index contributed by atoms with van der Waals surface area (Å²) in [5.74, 6) is 2.94. The maximum absolute atomic E-state index is 6.46. The van der Waals surface area contributed by atoms with E-state index in [0.717, 1.165) is 28.5 Å². The van der Waals surface area contributed by atoms with Gasteiger partial charge in [-0.2, -0.15) is 9.13 Å². The van der Waals surface area contributed by atoms with E-state index >= 15 is 0 Å². The molecular formula is C81H61N3O3+2. The maximum atomic E-state index is 6.46. The fraction of sp³-hybridized carbons (Fsp3) is 0.148. The molecule has 2 aliphatic heterocycles. The predicted molar refractivity (Wildman–Crippen MR) is 356 cm³/mol. The summed E-state index contributed by atoms with van der Waals surface area (Å²) in [6.07, 6.45) is 4.12. The van der Waals surface area contributed by atoms with Crippen LogP contribution in [0.15, 0.2) is 219 Å². The van der Waals surface area contributed by atoms with Crippen molar-refractivity contribution in [3.8, 4) is 51.0 Å². The summed E-state index contributed by atoms with van der Waals surface area (Å²) in [6.45, 7) is 15.2. The molecule has 0 amide bonds. The van der Waals surface area contributed by atoms with Gasteiger partial charge in [0, 0.05) is 62.0 Å². The Labute approximate surface area is 504 Å². The van der Waals surface area contributed by atoms with Crippen molar-refractivity contribution in [2.45, 2.75) is 71.2 Å². The minimum Gasteiger partial charge on any atom is -0.496 e. The summed E-state index contributed by atoms with van der Waals surface area (Å²) in [7, 11) is 1.76. The average molecular weight is 1120 g/mol. The molecule has 5 aliphatic rings. The molecule has 0 bridgehead atoms. The average Bonchev–Trinajstić information content (AvgIpc) is 1.61. The number of benzene rings is 12. The lowest BCUT2D eigenvalue weighted by atomic mass is 9.78. The van der Waals surface area contributed by atoms with Crippen LogP contribution in [0.1, 0.15) is 74.9 Å². The Bertz CT molecular complexity index is 5620. The lowest BCUT2D eigenvalue weighted by Crippen LogP contribution is -2.42. The number of rotatable bonds is 1. The fourth-order valence-electron chi connectivity index (χ4n) is 16.5. The molecule has 0 unspecified atom stereocenters. The van der Waals surface area contributed by atoms with Crippen LogP contribution in [0.25, 0.3) is 131 Å². The summed E-state index contributed by atoms with van der Waals surface area (Å²) in [5.41, 5.74) is 16.5. The van der Waals surface area contributed by atoms with Crippen molar-refractivity contribution in [1.29, 1.82) is 0 Å². The monoisotopic (exact) mass is 1120 g/mol. The van der Waals surface area contributed by atoms with E-state index in [0.29, 0.717) is 13.5 Å². The Hall–Kier alpha value is -10.2. The number of nitrogens with zero attached hydrogens (tertiary/aromatic N) is 3. The van der Waals surface area contributed by atoms with Crippen LogP contribution in [0.3, 0.4) is 0 Å². The number of ether oxygens (including phenoxy) is 3. The molecule has 0 spiro atoms. The largest absolute Gasteiger partial charge is 0.496 e. The third-order valence-corrected chi connectivity index (χ3v) is 20.3. The van der Waals surface area contributed by atoms with E-state index in [1.54, 1.807) is 7.11 Å². The van der Waals surface area contributed by atoms with Crippen molar-refractivity contribution in [3.05, 3.63) is 252 Å². The predicted octanol–water partition coefficient (Wildman–Crippen LogP) is 19.0. The second kappa shape index (κ2) is 17.7. The van der Waals surface area contributed by atoms with Crippen LogP contribution in [0, 0.1) is 0 Å². The van der Waals surface area contributed by atoms with Crippen LogP contribution in [-0.2, 0) is 29.7 Å². The lowest BCUT2D eigenvalue weighted by molar-refractivity contribution is -0.717. The first-order chi connectivity index (χ1) is 42.4. The molecule has 416 valence electrons. The number of hydrogen-bond donors (Lipinski definition) is 0. The molecule has 5 heterocycles. The molecule has 3 aliphatic carbocycles. The molecule has 0 fully saturated rings. The van der Waals surface area contributed by atoms with Gasteiger partial charge in [-0.05, 0) is 139 Å². The highest BCUT2D eigenvalue weighted by Gasteiger charge is 2.49. The third-order valence-electron chi connectivity index (χ3n) is 20.3. The highest BCUT2D eigenvalue weighted by Crippen LogP contribution is 2.60. The van der Waals surface area contributed by atoms with Gasteiger partial charge in [0.1, 0.15) is 17.2 Å². The summed E-state index contributed by atoms with van der Waals surface area (Å²) < 4.78 is 23.1. The van der Waals surface area contributed by atoms with Crippen molar-refractivity contribution in [1.82, 2.24) is 4.98 Å². The van der Waals surface area contributed by atoms with Crippen LogP contribution in [0.4, 0.5) is 0 Å². The number of pyridine rings is 3. The van der Waals surface area contributed by atoms with Crippen LogP contribution < -0.4 is 23.3 Å². The molecule has 12 aromatic carbocycles. The number of fused-ring (bicyclic) bond motifs is 20. The highest BCUT2D eigenvalue weighted by molar-refractivity contribution is 6.17. The number of hydrogen-bond acceptors (Lipinski definition) is 4. The van der Waals surface area contributed by atoms with Crippen molar-refractivity contribution in [2.75, 3.05) is 7.11 Å². The number of methoxy groups -OCH3 is 1. The van der Waals surface area contributed by atoms with Gasteiger partial charge >= 0.3 is 0 Å². The molecule has 0 saturated heterocycles. The Kier molecular flexibility index (Phi) is 10.2. The van der Waals surface area contributed by atoms with Crippen LogP contribution in [0.2, 0.25) is 0 Å². The van der Waals surface area contributed by atoms with Gasteiger partial charge in [-0.25, -0.2) is 0 Å². The topological polar surface area (TPSA) is 48.3 Å². The standard InChI is InChI=1S/C31H22NO.C27H21NO.C23H18NO/c1-31(2)24-14-22-13-19-8-3-4-9-20(19)15-25(22)32-17-33-26-16-21-12-11-18-7-5-6-10-23(18)27(21)29(31)28(26)30(24)32;1-27(2)24-20-11-7-5-9-18(20)15-28-26(24)23-21(29-3)14-17-13-12-16-8-4-6-10-19(16)22(17)25(23)27;1-23(2)17-8-5-11-24-13-25-18-12-15-10-9-14-6-3-4-7-16(14)19(15)21(23)20(18)22(17)24/h3-16H,17H2,1-2H3;4-15H,1-3H3;3-12H,13H2,1-2H3/q+1;;+1. The fourth-order valence-corrected chi connectivity index (χ4v) is 16.5. The zero-order chi connectivity index (χ0) is 58.4. The Balaban J connectivity index is 0.0000000991. The van der Waals surface area contributed by atoms with E-state index in [2.05, 4.69) is 263 Å². The van der Waals surface area contributed by atoms with Crippen LogP contribution >= 0.6 is 0 Å². The van der Waals surface area contributed by atoms with Gasteiger partial charge in [-0.1, -0.05) is 199 Å². The zero-order valence-electron chi connectivity index (χ0n) is 49.8. The summed E-state index contributed by atoms with van der Waals surface area (Å²) in [6, 6.07) is 74.8. The first kappa shape index (κ1) is 50.2. The summed E-state index contributed by atoms with van der Waals surface area (Å²) >= 11 is 0. The Morgan fingerprint density at radius 2 is 0.874 bits per heavy atom. The molecule has 15 aromatic rings. The molecule has 87 heavy (non-hydrogen) atoms. The van der Waals surface area contributed by atoms with Crippen molar-refractivity contribution >= 4 is 97.1 Å². The molecule has 3 aromatic heterocycles. The summed E-state index contributed by atoms with van der Waals surface area (Å²) in [4.78, 5) is 4.94. The van der Waals surface area contributed by atoms with E-state index in [1.807, 2.05) is 6.20 Å². The van der Waals surface area contributed by atoms with Crippen molar-refractivity contribution in [3.63, 3.8) is 0 Å². The first-order valence-electron chi connectivity index (χ1n) is 30.5. The van der Waals surface area contributed by atoms with Gasteiger partial charge < -0.3 is 14.2 Å². The molecule has 6 nitrogen and oxygen atoms in total.